The second-order valence-electron chi connectivity index (χ2n) is 9.05. The van der Waals surface area contributed by atoms with Gasteiger partial charge in [-0.2, -0.15) is 0 Å². The third kappa shape index (κ3) is 3.98. The topological polar surface area (TPSA) is 26.8 Å². The second kappa shape index (κ2) is 8.81. The Hall–Kier alpha value is -2.33. The van der Waals surface area contributed by atoms with Crippen molar-refractivity contribution in [1.29, 1.82) is 0 Å². The molecule has 2 aromatic rings. The zero-order valence-electron chi connectivity index (χ0n) is 17.9. The molecule has 2 saturated heterocycles. The van der Waals surface area contributed by atoms with Crippen LogP contribution in [-0.4, -0.2) is 49.6 Å². The van der Waals surface area contributed by atoms with E-state index in [1.807, 2.05) is 23.1 Å². The molecule has 3 aliphatic heterocycles. The summed E-state index contributed by atoms with van der Waals surface area (Å²) >= 11 is 0. The van der Waals surface area contributed by atoms with Crippen molar-refractivity contribution < 1.29 is 4.79 Å². The maximum absolute atomic E-state index is 13.2. The van der Waals surface area contributed by atoms with Gasteiger partial charge in [0, 0.05) is 42.6 Å². The van der Waals surface area contributed by atoms with Crippen molar-refractivity contribution in [2.24, 2.45) is 0 Å². The molecule has 5 rings (SSSR count). The molecular weight excluding hydrogens is 370 g/mol. The normalized spacial score (nSPS) is 20.8. The molecular formula is C26H33N3O. The number of aryl methyl sites for hydroxylation is 1. The Morgan fingerprint density at radius 3 is 2.27 bits per heavy atom. The minimum absolute atomic E-state index is 0.123. The molecule has 0 aliphatic carbocycles. The summed E-state index contributed by atoms with van der Waals surface area (Å²) in [6.07, 6.45) is 8.76. The fourth-order valence-electron chi connectivity index (χ4n) is 5.49. The van der Waals surface area contributed by atoms with Crippen LogP contribution in [0.4, 0.5) is 11.4 Å². The lowest BCUT2D eigenvalue weighted by atomic mass is 9.99. The number of rotatable bonds is 3. The molecule has 0 atom stereocenters. The Morgan fingerprint density at radius 1 is 0.767 bits per heavy atom. The zero-order valence-corrected chi connectivity index (χ0v) is 17.9. The number of piperidine rings is 2. The van der Waals surface area contributed by atoms with Crippen molar-refractivity contribution in [2.75, 3.05) is 42.5 Å². The molecule has 30 heavy (non-hydrogen) atoms. The molecule has 0 N–H and O–H groups in total. The molecule has 0 aromatic heterocycles. The van der Waals surface area contributed by atoms with Gasteiger partial charge < -0.3 is 14.7 Å². The summed E-state index contributed by atoms with van der Waals surface area (Å²) in [6, 6.07) is 17.4. The van der Waals surface area contributed by atoms with Gasteiger partial charge in [-0.25, -0.2) is 0 Å². The van der Waals surface area contributed by atoms with Gasteiger partial charge in [0.15, 0.2) is 0 Å². The Labute approximate surface area is 180 Å². The molecule has 2 fully saturated rings. The number of para-hydroxylation sites is 1. The van der Waals surface area contributed by atoms with Crippen LogP contribution in [0.3, 0.4) is 0 Å². The molecule has 0 spiro atoms. The van der Waals surface area contributed by atoms with E-state index in [1.54, 1.807) is 0 Å². The second-order valence-corrected chi connectivity index (χ2v) is 9.05. The fourth-order valence-corrected chi connectivity index (χ4v) is 5.49. The van der Waals surface area contributed by atoms with Gasteiger partial charge >= 0.3 is 0 Å². The van der Waals surface area contributed by atoms with E-state index in [4.69, 9.17) is 0 Å². The fraction of sp³-hybridized carbons (Fsp3) is 0.500. The SMILES string of the molecule is O=C(c1ccc(N2CCC(N3CCCCC3)CC2)cc1)N1CCCc2ccccc21. The lowest BCUT2D eigenvalue weighted by Crippen LogP contribution is -2.46. The van der Waals surface area contributed by atoms with Crippen molar-refractivity contribution in [2.45, 2.75) is 51.0 Å². The lowest BCUT2D eigenvalue weighted by Gasteiger charge is -2.41. The smallest absolute Gasteiger partial charge is 0.258 e. The van der Waals surface area contributed by atoms with Crippen molar-refractivity contribution in [3.05, 3.63) is 59.7 Å². The minimum atomic E-state index is 0.123. The van der Waals surface area contributed by atoms with Crippen molar-refractivity contribution >= 4 is 17.3 Å². The summed E-state index contributed by atoms with van der Waals surface area (Å²) in [7, 11) is 0. The number of hydrogen-bond acceptors (Lipinski definition) is 3. The largest absolute Gasteiger partial charge is 0.371 e. The highest BCUT2D eigenvalue weighted by atomic mass is 16.2. The molecule has 158 valence electrons. The minimum Gasteiger partial charge on any atom is -0.371 e. The number of anilines is 2. The maximum atomic E-state index is 13.2. The van der Waals surface area contributed by atoms with Gasteiger partial charge in [-0.1, -0.05) is 24.6 Å². The van der Waals surface area contributed by atoms with Crippen LogP contribution in [0, 0.1) is 0 Å². The summed E-state index contributed by atoms with van der Waals surface area (Å²) in [4.78, 5) is 20.3. The molecule has 4 heteroatoms. The number of benzene rings is 2. The summed E-state index contributed by atoms with van der Waals surface area (Å²) < 4.78 is 0. The summed E-state index contributed by atoms with van der Waals surface area (Å²) in [5, 5.41) is 0. The Morgan fingerprint density at radius 2 is 1.50 bits per heavy atom. The highest BCUT2D eigenvalue weighted by molar-refractivity contribution is 6.06. The van der Waals surface area contributed by atoms with E-state index in [0.29, 0.717) is 0 Å². The highest BCUT2D eigenvalue weighted by Gasteiger charge is 2.26. The van der Waals surface area contributed by atoms with E-state index in [0.717, 1.165) is 49.8 Å². The molecule has 0 radical (unpaired) electrons. The number of amides is 1. The Kier molecular flexibility index (Phi) is 5.76. The van der Waals surface area contributed by atoms with Crippen LogP contribution in [0.1, 0.15) is 54.4 Å². The summed E-state index contributed by atoms with van der Waals surface area (Å²) in [6.45, 7) is 5.63. The van der Waals surface area contributed by atoms with Gasteiger partial charge in [0.05, 0.1) is 0 Å². The first-order valence-electron chi connectivity index (χ1n) is 11.8. The van der Waals surface area contributed by atoms with Crippen LogP contribution < -0.4 is 9.80 Å². The van der Waals surface area contributed by atoms with Crippen LogP contribution in [0.2, 0.25) is 0 Å². The third-order valence-corrected chi connectivity index (χ3v) is 7.21. The van der Waals surface area contributed by atoms with Gasteiger partial charge in [-0.05, 0) is 87.5 Å². The molecule has 0 unspecified atom stereocenters. The van der Waals surface area contributed by atoms with Gasteiger partial charge in [0.25, 0.3) is 5.91 Å². The number of hydrogen-bond donors (Lipinski definition) is 0. The molecule has 3 aliphatic rings. The van der Waals surface area contributed by atoms with Crippen LogP contribution in [0.25, 0.3) is 0 Å². The average Bonchev–Trinajstić information content (AvgIpc) is 2.84. The number of likely N-dealkylation sites (tertiary alicyclic amines) is 1. The number of fused-ring (bicyclic) bond motifs is 1. The zero-order chi connectivity index (χ0) is 20.3. The predicted octanol–water partition coefficient (Wildman–Crippen LogP) is 4.73. The average molecular weight is 404 g/mol. The van der Waals surface area contributed by atoms with E-state index >= 15 is 0 Å². The molecule has 1 amide bonds. The lowest BCUT2D eigenvalue weighted by molar-refractivity contribution is 0.0985. The first kappa shape index (κ1) is 19.6. The van der Waals surface area contributed by atoms with Crippen molar-refractivity contribution in [3.63, 3.8) is 0 Å². The molecule has 3 heterocycles. The first-order chi connectivity index (χ1) is 14.8. The van der Waals surface area contributed by atoms with E-state index < -0.39 is 0 Å². The third-order valence-electron chi connectivity index (χ3n) is 7.21. The van der Waals surface area contributed by atoms with Gasteiger partial charge in [-0.15, -0.1) is 0 Å². The van der Waals surface area contributed by atoms with Gasteiger partial charge in [0.1, 0.15) is 0 Å². The molecule has 0 saturated carbocycles. The van der Waals surface area contributed by atoms with Gasteiger partial charge in [-0.3, -0.25) is 4.79 Å². The van der Waals surface area contributed by atoms with Crippen molar-refractivity contribution in [1.82, 2.24) is 4.90 Å². The molecule has 0 bridgehead atoms. The van der Waals surface area contributed by atoms with Crippen LogP contribution in [0.15, 0.2) is 48.5 Å². The van der Waals surface area contributed by atoms with Crippen LogP contribution >= 0.6 is 0 Å². The highest BCUT2D eigenvalue weighted by Crippen LogP contribution is 2.29. The molecule has 2 aromatic carbocycles. The quantitative estimate of drug-likeness (QED) is 0.741. The standard InChI is InChI=1S/C26H33N3O/c30-26(29-18-6-8-21-7-2-3-9-25(21)29)22-10-12-23(13-11-22)28-19-14-24(15-20-28)27-16-4-1-5-17-27/h2-3,7,9-13,24H,1,4-6,8,14-20H2. The Balaban J connectivity index is 1.23. The van der Waals surface area contributed by atoms with Crippen LogP contribution in [0.5, 0.6) is 0 Å². The molecule has 4 nitrogen and oxygen atoms in total. The van der Waals surface area contributed by atoms with Crippen LogP contribution in [-0.2, 0) is 6.42 Å². The maximum Gasteiger partial charge on any atom is 0.258 e. The first-order valence-corrected chi connectivity index (χ1v) is 11.8. The van der Waals surface area contributed by atoms with Crippen molar-refractivity contribution in [3.8, 4) is 0 Å². The number of nitrogens with zero attached hydrogens (tertiary/aromatic N) is 3. The van der Waals surface area contributed by atoms with E-state index in [1.165, 1.54) is 56.4 Å². The summed E-state index contributed by atoms with van der Waals surface area (Å²) in [5.74, 6) is 0.123. The van der Waals surface area contributed by atoms with Gasteiger partial charge in [0.2, 0.25) is 0 Å². The number of carbonyl (C=O) groups is 1. The monoisotopic (exact) mass is 403 g/mol. The Bertz CT molecular complexity index is 864. The van der Waals surface area contributed by atoms with E-state index in [-0.39, 0.29) is 5.91 Å². The number of carbonyl (C=O) groups excluding carboxylic acids is 1. The summed E-state index contributed by atoms with van der Waals surface area (Å²) in [5.41, 5.74) is 4.41. The van der Waals surface area contributed by atoms with E-state index in [9.17, 15) is 4.79 Å². The van der Waals surface area contributed by atoms with E-state index in [2.05, 4.69) is 40.1 Å². The predicted molar refractivity (Wildman–Crippen MR) is 124 cm³/mol.